The van der Waals surface area contributed by atoms with E-state index in [1.165, 1.54) is 0 Å². The first kappa shape index (κ1) is 14.1. The highest BCUT2D eigenvalue weighted by Crippen LogP contribution is 2.26. The van der Waals surface area contributed by atoms with Crippen LogP contribution in [-0.2, 0) is 6.42 Å². The van der Waals surface area contributed by atoms with Crippen molar-refractivity contribution in [2.45, 2.75) is 12.8 Å². The Kier molecular flexibility index (Phi) is 4.25. The van der Waals surface area contributed by atoms with E-state index in [1.807, 2.05) is 42.5 Å². The van der Waals surface area contributed by atoms with E-state index in [-0.39, 0.29) is 5.78 Å². The number of Topliss-reactive ketones (excluding diaryl/α,β-unsaturated/α-hetero) is 1. The first-order valence-corrected chi connectivity index (χ1v) is 7.69. The minimum Gasteiger partial charge on any atom is -0.490 e. The number of fused-ring (bicyclic) bond motifs is 1. The molecule has 0 saturated carbocycles. The lowest BCUT2D eigenvalue weighted by Gasteiger charge is -2.09. The first-order valence-electron chi connectivity index (χ1n) is 6.90. The van der Waals surface area contributed by atoms with E-state index in [9.17, 15) is 4.79 Å². The molecule has 108 valence electrons. The Labute approximate surface area is 132 Å². The highest BCUT2D eigenvalue weighted by Gasteiger charge is 2.19. The zero-order valence-corrected chi connectivity index (χ0v) is 13.1. The molecule has 21 heavy (non-hydrogen) atoms. The summed E-state index contributed by atoms with van der Waals surface area (Å²) in [5.74, 6) is 1.85. The zero-order chi connectivity index (χ0) is 14.7. The monoisotopic (exact) mass is 346 g/mol. The van der Waals surface area contributed by atoms with Gasteiger partial charge in [0.25, 0.3) is 0 Å². The van der Waals surface area contributed by atoms with Crippen LogP contribution in [0.1, 0.15) is 22.3 Å². The molecule has 0 unspecified atom stereocenters. The van der Waals surface area contributed by atoms with Gasteiger partial charge in [-0.05, 0) is 54.4 Å². The maximum atomic E-state index is 11.6. The van der Waals surface area contributed by atoms with Crippen LogP contribution in [0, 0.1) is 0 Å². The van der Waals surface area contributed by atoms with Crippen molar-refractivity contribution in [3.63, 3.8) is 0 Å². The minimum atomic E-state index is 0.232. The number of ketones is 1. The zero-order valence-electron chi connectivity index (χ0n) is 11.5. The van der Waals surface area contributed by atoms with Crippen LogP contribution in [0.4, 0.5) is 0 Å². The molecule has 0 bridgehead atoms. The Morgan fingerprint density at radius 2 is 1.57 bits per heavy atom. The van der Waals surface area contributed by atoms with E-state index >= 15 is 0 Å². The summed E-state index contributed by atoms with van der Waals surface area (Å²) in [5, 5.41) is 0. The van der Waals surface area contributed by atoms with Crippen molar-refractivity contribution in [3.05, 3.63) is 58.1 Å². The van der Waals surface area contributed by atoms with Gasteiger partial charge >= 0.3 is 0 Å². The summed E-state index contributed by atoms with van der Waals surface area (Å²) in [7, 11) is 0. The number of benzene rings is 2. The van der Waals surface area contributed by atoms with Crippen LogP contribution >= 0.6 is 15.9 Å². The highest BCUT2D eigenvalue weighted by molar-refractivity contribution is 9.10. The van der Waals surface area contributed by atoms with Crippen LogP contribution in [0.2, 0.25) is 0 Å². The third-order valence-electron chi connectivity index (χ3n) is 3.43. The number of ether oxygens (including phenoxy) is 2. The molecule has 1 aliphatic carbocycles. The molecule has 0 radical (unpaired) electrons. The van der Waals surface area contributed by atoms with Gasteiger partial charge in [-0.15, -0.1) is 0 Å². The van der Waals surface area contributed by atoms with Crippen LogP contribution < -0.4 is 9.47 Å². The van der Waals surface area contributed by atoms with E-state index in [0.717, 1.165) is 33.5 Å². The maximum absolute atomic E-state index is 11.6. The molecule has 0 fully saturated rings. The topological polar surface area (TPSA) is 35.5 Å². The van der Waals surface area contributed by atoms with Crippen molar-refractivity contribution in [1.82, 2.24) is 0 Å². The molecule has 0 aromatic heterocycles. The largest absolute Gasteiger partial charge is 0.490 e. The average Bonchev–Trinajstić information content (AvgIpc) is 2.86. The molecule has 0 atom stereocenters. The number of hydrogen-bond donors (Lipinski definition) is 0. The molecule has 2 aromatic rings. The van der Waals surface area contributed by atoms with Crippen LogP contribution in [0.5, 0.6) is 11.5 Å². The summed E-state index contributed by atoms with van der Waals surface area (Å²) >= 11 is 3.38. The van der Waals surface area contributed by atoms with Crippen LogP contribution in [0.3, 0.4) is 0 Å². The van der Waals surface area contributed by atoms with Crippen molar-refractivity contribution in [3.8, 4) is 11.5 Å². The van der Waals surface area contributed by atoms with Gasteiger partial charge in [-0.3, -0.25) is 4.79 Å². The van der Waals surface area contributed by atoms with Gasteiger partial charge in [0.05, 0.1) is 0 Å². The molecule has 0 spiro atoms. The third kappa shape index (κ3) is 3.45. The van der Waals surface area contributed by atoms with Crippen LogP contribution in [-0.4, -0.2) is 19.0 Å². The second kappa shape index (κ2) is 6.31. The third-order valence-corrected chi connectivity index (χ3v) is 3.96. The smallest absolute Gasteiger partial charge is 0.163 e. The molecule has 3 nitrogen and oxygen atoms in total. The van der Waals surface area contributed by atoms with Gasteiger partial charge in [-0.25, -0.2) is 0 Å². The van der Waals surface area contributed by atoms with E-state index in [4.69, 9.17) is 9.47 Å². The van der Waals surface area contributed by atoms with Gasteiger partial charge in [0.2, 0.25) is 0 Å². The van der Waals surface area contributed by atoms with Crippen molar-refractivity contribution in [2.75, 3.05) is 13.2 Å². The molecule has 0 saturated heterocycles. The van der Waals surface area contributed by atoms with E-state index in [0.29, 0.717) is 19.6 Å². The molecule has 3 rings (SSSR count). The Hall–Kier alpha value is -1.81. The molecule has 2 aromatic carbocycles. The lowest BCUT2D eigenvalue weighted by Crippen LogP contribution is -2.09. The average molecular weight is 347 g/mol. The van der Waals surface area contributed by atoms with Gasteiger partial charge in [0, 0.05) is 16.5 Å². The summed E-state index contributed by atoms with van der Waals surface area (Å²) in [6.07, 6.45) is 1.44. The standard InChI is InChI=1S/C17H15BrO3/c18-13-2-4-14(5-3-13)20-9-10-21-15-6-7-16-12(11-15)1-8-17(16)19/h2-7,11H,1,8-10H2. The van der Waals surface area contributed by atoms with E-state index < -0.39 is 0 Å². The number of aryl methyl sites for hydroxylation is 1. The number of carbonyl (C=O) groups is 1. The lowest BCUT2D eigenvalue weighted by atomic mass is 10.1. The molecule has 1 aliphatic rings. The van der Waals surface area contributed by atoms with Gasteiger partial charge < -0.3 is 9.47 Å². The molecule has 0 aliphatic heterocycles. The fourth-order valence-electron chi connectivity index (χ4n) is 2.37. The number of hydrogen-bond acceptors (Lipinski definition) is 3. The van der Waals surface area contributed by atoms with Crippen molar-refractivity contribution >= 4 is 21.7 Å². The summed E-state index contributed by atoms with van der Waals surface area (Å²) in [6.45, 7) is 0.959. The predicted molar refractivity (Wildman–Crippen MR) is 84.2 cm³/mol. The van der Waals surface area contributed by atoms with Crippen molar-refractivity contribution < 1.29 is 14.3 Å². The molecular weight excluding hydrogens is 332 g/mol. The summed E-state index contributed by atoms with van der Waals surface area (Å²) in [6, 6.07) is 13.4. The maximum Gasteiger partial charge on any atom is 0.163 e. The fourth-order valence-corrected chi connectivity index (χ4v) is 2.64. The summed E-state index contributed by atoms with van der Waals surface area (Å²) in [5.41, 5.74) is 1.93. The Morgan fingerprint density at radius 3 is 2.33 bits per heavy atom. The second-order valence-electron chi connectivity index (χ2n) is 4.89. The first-order chi connectivity index (χ1) is 10.2. The second-order valence-corrected chi connectivity index (χ2v) is 5.81. The van der Waals surface area contributed by atoms with E-state index in [1.54, 1.807) is 0 Å². The molecule has 0 N–H and O–H groups in total. The Balaban J connectivity index is 1.50. The van der Waals surface area contributed by atoms with Gasteiger partial charge in [0.1, 0.15) is 24.7 Å². The predicted octanol–water partition coefficient (Wildman–Crippen LogP) is 4.04. The van der Waals surface area contributed by atoms with Gasteiger partial charge in [-0.2, -0.15) is 0 Å². The molecule has 0 amide bonds. The minimum absolute atomic E-state index is 0.232. The van der Waals surface area contributed by atoms with Gasteiger partial charge in [-0.1, -0.05) is 15.9 Å². The number of rotatable bonds is 5. The summed E-state index contributed by atoms with van der Waals surface area (Å²) < 4.78 is 12.3. The van der Waals surface area contributed by atoms with Crippen molar-refractivity contribution in [1.29, 1.82) is 0 Å². The molecule has 0 heterocycles. The SMILES string of the molecule is O=C1CCc2cc(OCCOc3ccc(Br)cc3)ccc21. The Morgan fingerprint density at radius 1 is 0.905 bits per heavy atom. The fraction of sp³-hybridized carbons (Fsp3) is 0.235. The van der Waals surface area contributed by atoms with Gasteiger partial charge in [0.15, 0.2) is 5.78 Å². The number of carbonyl (C=O) groups excluding carboxylic acids is 1. The van der Waals surface area contributed by atoms with E-state index in [2.05, 4.69) is 15.9 Å². The Bertz CT molecular complexity index is 650. The normalized spacial score (nSPS) is 13.1. The van der Waals surface area contributed by atoms with Crippen LogP contribution in [0.15, 0.2) is 46.9 Å². The van der Waals surface area contributed by atoms with Crippen molar-refractivity contribution in [2.24, 2.45) is 0 Å². The van der Waals surface area contributed by atoms with Crippen LogP contribution in [0.25, 0.3) is 0 Å². The number of halogens is 1. The lowest BCUT2D eigenvalue weighted by molar-refractivity contribution is 0.0994. The molecular formula is C17H15BrO3. The summed E-state index contributed by atoms with van der Waals surface area (Å²) in [4.78, 5) is 11.6. The quantitative estimate of drug-likeness (QED) is 0.766. The molecule has 4 heteroatoms. The highest BCUT2D eigenvalue weighted by atomic mass is 79.9.